The Morgan fingerprint density at radius 2 is 1.12 bits per heavy atom. The molecule has 3 heteroatoms. The van der Waals surface area contributed by atoms with Crippen molar-refractivity contribution in [2.75, 3.05) is 9.80 Å². The van der Waals surface area contributed by atoms with Gasteiger partial charge in [0.15, 0.2) is 0 Å². The lowest BCUT2D eigenvalue weighted by Gasteiger charge is -2.24. The quantitative estimate of drug-likeness (QED) is 0.135. The molecule has 0 bridgehead atoms. The molecule has 2 aliphatic heterocycles. The van der Waals surface area contributed by atoms with E-state index in [1.165, 1.54) is 56.3 Å². The number of fused-ring (bicyclic) bond motifs is 4. The number of anilines is 4. The van der Waals surface area contributed by atoms with E-state index < -0.39 is 0 Å². The molecule has 0 amide bonds. The number of pyridine rings is 1. The SMILES string of the molecule is C=C/C(=C\C=C1/Cc2ccccc2N1c1ccccc1)c1ccc2c(c1)C1CC=CC=C1N2c1ccc(-c2ccc(-c3cc(-c4ccccc4)nc(-c4ccccc4)c3)cc2)cc1.CC. The molecule has 0 N–H and O–H groups in total. The first-order valence-electron chi connectivity index (χ1n) is 22.8. The molecule has 3 nitrogen and oxygen atoms in total. The van der Waals surface area contributed by atoms with Crippen LogP contribution in [0.2, 0.25) is 0 Å². The van der Waals surface area contributed by atoms with Gasteiger partial charge in [0.25, 0.3) is 0 Å². The van der Waals surface area contributed by atoms with Crippen molar-refractivity contribution in [2.24, 2.45) is 0 Å². The van der Waals surface area contributed by atoms with Crippen LogP contribution in [-0.4, -0.2) is 4.98 Å². The second-order valence-corrected chi connectivity index (χ2v) is 16.4. The maximum Gasteiger partial charge on any atom is 0.0715 e. The Morgan fingerprint density at radius 1 is 0.554 bits per heavy atom. The van der Waals surface area contributed by atoms with E-state index in [1.54, 1.807) is 0 Å². The van der Waals surface area contributed by atoms with Gasteiger partial charge in [0.2, 0.25) is 0 Å². The number of allylic oxidation sites excluding steroid dienone is 9. The molecule has 1 aromatic heterocycles. The standard InChI is InChI=1S/C60H45N3.C2H6/c1-2-42(30-36-53-38-49-20-12-14-24-58(49)62(53)51-21-10-5-11-22-51)48-33-37-60-55(39-48)54-23-13-15-25-59(54)63(60)52-34-31-44(32-35-52)43-26-28-45(29-27-43)50-40-56(46-16-6-3-7-17-46)61-57(41-50)47-18-8-4-9-19-47;1-2/h2-22,24-37,39-41,54H,1,23,38H2;1-2H3/b42-30+,53-36+;. The van der Waals surface area contributed by atoms with Crippen LogP contribution in [-0.2, 0) is 6.42 Å². The lowest BCUT2D eigenvalue weighted by molar-refractivity contribution is 0.819. The number of para-hydroxylation sites is 2. The van der Waals surface area contributed by atoms with Crippen LogP contribution in [0.5, 0.6) is 0 Å². The summed E-state index contributed by atoms with van der Waals surface area (Å²) in [5, 5.41) is 0. The number of nitrogens with zero attached hydrogens (tertiary/aromatic N) is 3. The zero-order chi connectivity index (χ0) is 44.1. The van der Waals surface area contributed by atoms with Crippen molar-refractivity contribution in [3.05, 3.63) is 265 Å². The lowest BCUT2D eigenvalue weighted by Crippen LogP contribution is -2.14. The molecule has 3 aliphatic rings. The fourth-order valence-corrected chi connectivity index (χ4v) is 9.44. The first-order chi connectivity index (χ1) is 32.2. The van der Waals surface area contributed by atoms with Crippen molar-refractivity contribution in [1.29, 1.82) is 0 Å². The van der Waals surface area contributed by atoms with E-state index in [0.29, 0.717) is 0 Å². The largest absolute Gasteiger partial charge is 0.314 e. The van der Waals surface area contributed by atoms with Crippen LogP contribution in [0.4, 0.5) is 22.7 Å². The van der Waals surface area contributed by atoms with E-state index in [4.69, 9.17) is 4.98 Å². The van der Waals surface area contributed by atoms with E-state index in [0.717, 1.165) is 57.7 Å². The summed E-state index contributed by atoms with van der Waals surface area (Å²) in [6.45, 7) is 8.27. The zero-order valence-corrected chi connectivity index (χ0v) is 37.0. The molecular weight excluding hydrogens is 787 g/mol. The second-order valence-electron chi connectivity index (χ2n) is 16.4. The Hall–Kier alpha value is -8.01. The summed E-state index contributed by atoms with van der Waals surface area (Å²) in [6, 6.07) is 69.5. The average Bonchev–Trinajstić information content (AvgIpc) is 3.93. The summed E-state index contributed by atoms with van der Waals surface area (Å²) < 4.78 is 0. The first kappa shape index (κ1) is 41.0. The summed E-state index contributed by atoms with van der Waals surface area (Å²) in [6.07, 6.45) is 15.1. The van der Waals surface area contributed by atoms with Crippen LogP contribution in [0.15, 0.2) is 249 Å². The third kappa shape index (κ3) is 8.10. The van der Waals surface area contributed by atoms with Crippen LogP contribution in [0, 0.1) is 0 Å². The molecule has 0 fully saturated rings. The first-order valence-corrected chi connectivity index (χ1v) is 22.8. The molecule has 314 valence electrons. The van der Waals surface area contributed by atoms with Gasteiger partial charge in [-0.3, -0.25) is 0 Å². The summed E-state index contributed by atoms with van der Waals surface area (Å²) in [4.78, 5) is 9.91. The summed E-state index contributed by atoms with van der Waals surface area (Å²) in [5.41, 5.74) is 21.2. The summed E-state index contributed by atoms with van der Waals surface area (Å²) in [7, 11) is 0. The minimum Gasteiger partial charge on any atom is -0.314 e. The molecule has 7 aromatic carbocycles. The van der Waals surface area contributed by atoms with Crippen molar-refractivity contribution >= 4 is 28.3 Å². The van der Waals surface area contributed by atoms with Crippen molar-refractivity contribution in [1.82, 2.24) is 4.98 Å². The normalized spacial score (nSPS) is 15.4. The molecule has 1 atom stereocenters. The van der Waals surface area contributed by atoms with Gasteiger partial charge in [-0.1, -0.05) is 184 Å². The van der Waals surface area contributed by atoms with Gasteiger partial charge >= 0.3 is 0 Å². The van der Waals surface area contributed by atoms with Gasteiger partial charge in [-0.2, -0.15) is 0 Å². The Morgan fingerprint density at radius 3 is 1.77 bits per heavy atom. The van der Waals surface area contributed by atoms with Crippen molar-refractivity contribution < 1.29 is 0 Å². The predicted octanol–water partition coefficient (Wildman–Crippen LogP) is 16.7. The maximum absolute atomic E-state index is 5.08. The number of hydrogen-bond donors (Lipinski definition) is 0. The third-order valence-corrected chi connectivity index (χ3v) is 12.6. The third-order valence-electron chi connectivity index (χ3n) is 12.6. The van der Waals surface area contributed by atoms with E-state index in [-0.39, 0.29) is 5.92 Å². The monoisotopic (exact) mass is 837 g/mol. The van der Waals surface area contributed by atoms with Gasteiger partial charge in [0, 0.05) is 57.6 Å². The average molecular weight is 838 g/mol. The minimum absolute atomic E-state index is 0.289. The number of benzene rings is 7. The van der Waals surface area contributed by atoms with Crippen LogP contribution < -0.4 is 9.80 Å². The van der Waals surface area contributed by atoms with Gasteiger partial charge in [-0.05, 0) is 118 Å². The maximum atomic E-state index is 5.08. The highest BCUT2D eigenvalue weighted by Gasteiger charge is 2.35. The van der Waals surface area contributed by atoms with Gasteiger partial charge < -0.3 is 9.80 Å². The van der Waals surface area contributed by atoms with Gasteiger partial charge in [0.1, 0.15) is 0 Å². The molecule has 11 rings (SSSR count). The van der Waals surface area contributed by atoms with Crippen LogP contribution >= 0.6 is 0 Å². The molecule has 1 unspecified atom stereocenters. The highest BCUT2D eigenvalue weighted by molar-refractivity contribution is 5.85. The fraction of sp³-hybridized carbons (Fsp3) is 0.0806. The Bertz CT molecular complexity index is 3040. The molecule has 8 aromatic rings. The van der Waals surface area contributed by atoms with Gasteiger partial charge in [0.05, 0.1) is 11.4 Å². The topological polar surface area (TPSA) is 19.4 Å². The number of hydrogen-bond acceptors (Lipinski definition) is 3. The van der Waals surface area contributed by atoms with E-state index in [2.05, 4.69) is 229 Å². The second kappa shape index (κ2) is 18.4. The number of aromatic nitrogens is 1. The molecule has 0 radical (unpaired) electrons. The van der Waals surface area contributed by atoms with E-state index in [9.17, 15) is 0 Å². The smallest absolute Gasteiger partial charge is 0.0715 e. The highest BCUT2D eigenvalue weighted by Crippen LogP contribution is 2.51. The molecular formula is C62H51N3. The van der Waals surface area contributed by atoms with Crippen LogP contribution in [0.3, 0.4) is 0 Å². The number of rotatable bonds is 9. The molecule has 0 spiro atoms. The Balaban J connectivity index is 0.00000246. The summed E-state index contributed by atoms with van der Waals surface area (Å²) in [5.74, 6) is 0.289. The molecule has 65 heavy (non-hydrogen) atoms. The predicted molar refractivity (Wildman–Crippen MR) is 275 cm³/mol. The molecule has 1 aliphatic carbocycles. The van der Waals surface area contributed by atoms with E-state index in [1.807, 2.05) is 32.1 Å². The Kier molecular flexibility index (Phi) is 11.6. The highest BCUT2D eigenvalue weighted by atomic mass is 15.2. The van der Waals surface area contributed by atoms with E-state index >= 15 is 0 Å². The van der Waals surface area contributed by atoms with Crippen molar-refractivity contribution in [2.45, 2.75) is 32.6 Å². The van der Waals surface area contributed by atoms with Crippen molar-refractivity contribution in [3.63, 3.8) is 0 Å². The van der Waals surface area contributed by atoms with Crippen molar-refractivity contribution in [3.8, 4) is 44.8 Å². The van der Waals surface area contributed by atoms with Crippen LogP contribution in [0.1, 0.15) is 42.9 Å². The summed E-state index contributed by atoms with van der Waals surface area (Å²) >= 11 is 0. The molecule has 0 saturated carbocycles. The molecule has 3 heterocycles. The zero-order valence-electron chi connectivity index (χ0n) is 37.0. The van der Waals surface area contributed by atoms with Gasteiger partial charge in [-0.25, -0.2) is 4.98 Å². The minimum atomic E-state index is 0.289. The lowest BCUT2D eigenvalue weighted by atomic mass is 9.90. The van der Waals surface area contributed by atoms with Gasteiger partial charge in [-0.15, -0.1) is 0 Å². The molecule has 0 saturated heterocycles. The Labute approximate surface area is 384 Å². The van der Waals surface area contributed by atoms with Crippen LogP contribution in [0.25, 0.3) is 50.3 Å². The fourth-order valence-electron chi connectivity index (χ4n) is 9.44.